The van der Waals surface area contributed by atoms with Gasteiger partial charge in [-0.15, -0.1) is 0 Å². The molecule has 1 aromatic rings. The molecule has 1 aliphatic heterocycles. The molecule has 0 aromatic heterocycles. The number of nitrogens with zero attached hydrogens (tertiary/aromatic N) is 1. The van der Waals surface area contributed by atoms with Crippen molar-refractivity contribution in [1.82, 2.24) is 10.2 Å². The predicted octanol–water partition coefficient (Wildman–Crippen LogP) is 4.97. The van der Waals surface area contributed by atoms with E-state index in [1.165, 1.54) is 19.3 Å². The van der Waals surface area contributed by atoms with Crippen molar-refractivity contribution in [3.63, 3.8) is 0 Å². The Labute approximate surface area is 177 Å². The molecule has 6 heteroatoms. The summed E-state index contributed by atoms with van der Waals surface area (Å²) >= 11 is 12.2. The van der Waals surface area contributed by atoms with Crippen LogP contribution in [-0.2, 0) is 4.79 Å². The topological polar surface area (TPSA) is 49.4 Å². The molecule has 28 heavy (non-hydrogen) atoms. The molecule has 1 aromatic carbocycles. The van der Waals surface area contributed by atoms with Gasteiger partial charge in [-0.1, -0.05) is 23.2 Å². The molecule has 1 heterocycles. The van der Waals surface area contributed by atoms with Crippen molar-refractivity contribution in [2.45, 2.75) is 57.9 Å². The minimum absolute atomic E-state index is 0.0420. The van der Waals surface area contributed by atoms with Crippen LogP contribution in [0.4, 0.5) is 0 Å². The van der Waals surface area contributed by atoms with Crippen molar-refractivity contribution >= 4 is 34.9 Å². The molecule has 4 nitrogen and oxygen atoms in total. The molecule has 0 atom stereocenters. The third kappa shape index (κ3) is 5.95. The molecular weight excluding hydrogens is 395 g/mol. The number of halogens is 2. The van der Waals surface area contributed by atoms with Crippen LogP contribution in [0.1, 0.15) is 62.2 Å². The summed E-state index contributed by atoms with van der Waals surface area (Å²) in [5.74, 6) is 1.01. The van der Waals surface area contributed by atoms with E-state index in [4.69, 9.17) is 23.2 Å². The first-order valence-corrected chi connectivity index (χ1v) is 11.2. The number of hydrogen-bond acceptors (Lipinski definition) is 3. The summed E-state index contributed by atoms with van der Waals surface area (Å²) in [5, 5.41) is 4.09. The minimum atomic E-state index is 0.0420. The SMILES string of the molecule is CC(=O)NC1CCC(CCN2CCC(C(=O)c3cc(Cl)ccc3Cl)CC2)CC1. The number of carbonyl (C=O) groups excluding carboxylic acids is 2. The maximum atomic E-state index is 12.8. The van der Waals surface area contributed by atoms with E-state index >= 15 is 0 Å². The lowest BCUT2D eigenvalue weighted by Crippen LogP contribution is -2.39. The van der Waals surface area contributed by atoms with Gasteiger partial charge < -0.3 is 10.2 Å². The predicted molar refractivity (Wildman–Crippen MR) is 114 cm³/mol. The first-order chi connectivity index (χ1) is 13.4. The van der Waals surface area contributed by atoms with E-state index in [9.17, 15) is 9.59 Å². The van der Waals surface area contributed by atoms with Gasteiger partial charge in [0.15, 0.2) is 5.78 Å². The molecule has 0 spiro atoms. The Morgan fingerprint density at radius 1 is 1.07 bits per heavy atom. The van der Waals surface area contributed by atoms with Gasteiger partial charge in [0, 0.05) is 29.5 Å². The number of nitrogens with one attached hydrogen (secondary N) is 1. The van der Waals surface area contributed by atoms with Crippen molar-refractivity contribution in [3.8, 4) is 0 Å². The largest absolute Gasteiger partial charge is 0.354 e. The highest BCUT2D eigenvalue weighted by atomic mass is 35.5. The van der Waals surface area contributed by atoms with Crippen molar-refractivity contribution in [2.24, 2.45) is 11.8 Å². The number of hydrogen-bond donors (Lipinski definition) is 1. The molecule has 1 saturated carbocycles. The standard InChI is InChI=1S/C22H30Cl2N2O2/c1-15(27)25-19-5-2-16(3-6-19)8-11-26-12-9-17(10-13-26)22(28)20-14-18(23)4-7-21(20)24/h4,7,14,16-17,19H,2-3,5-6,8-13H2,1H3,(H,25,27). The second-order valence-corrected chi connectivity index (χ2v) is 9.15. The van der Waals surface area contributed by atoms with E-state index < -0.39 is 0 Å². The lowest BCUT2D eigenvalue weighted by atomic mass is 9.83. The molecule has 0 radical (unpaired) electrons. The fourth-order valence-electron chi connectivity index (χ4n) is 4.57. The van der Waals surface area contributed by atoms with Gasteiger partial charge in [0.1, 0.15) is 0 Å². The van der Waals surface area contributed by atoms with E-state index in [1.807, 2.05) is 0 Å². The Bertz CT molecular complexity index is 694. The number of likely N-dealkylation sites (tertiary alicyclic amines) is 1. The maximum absolute atomic E-state index is 12.8. The summed E-state index contributed by atoms with van der Waals surface area (Å²) in [5.41, 5.74) is 0.559. The smallest absolute Gasteiger partial charge is 0.217 e. The lowest BCUT2D eigenvalue weighted by molar-refractivity contribution is -0.119. The molecule has 3 rings (SSSR count). The fraction of sp³-hybridized carbons (Fsp3) is 0.636. The van der Waals surface area contributed by atoms with Crippen molar-refractivity contribution in [2.75, 3.05) is 19.6 Å². The minimum Gasteiger partial charge on any atom is -0.354 e. The third-order valence-electron chi connectivity index (χ3n) is 6.26. The average molecular weight is 425 g/mol. The molecule has 1 N–H and O–H groups in total. The van der Waals surface area contributed by atoms with E-state index in [2.05, 4.69) is 10.2 Å². The molecule has 2 fully saturated rings. The monoisotopic (exact) mass is 424 g/mol. The number of ketones is 1. The van der Waals surface area contributed by atoms with E-state index in [1.54, 1.807) is 25.1 Å². The van der Waals surface area contributed by atoms with Crippen LogP contribution < -0.4 is 5.32 Å². The summed E-state index contributed by atoms with van der Waals surface area (Å²) in [6.45, 7) is 4.64. The van der Waals surface area contributed by atoms with Crippen LogP contribution in [0.2, 0.25) is 10.0 Å². The molecule has 0 unspecified atom stereocenters. The lowest BCUT2D eigenvalue weighted by Gasteiger charge is -2.34. The van der Waals surface area contributed by atoms with Crippen LogP contribution in [0.3, 0.4) is 0 Å². The van der Waals surface area contributed by atoms with Crippen LogP contribution in [0.25, 0.3) is 0 Å². The Morgan fingerprint density at radius 2 is 1.75 bits per heavy atom. The number of carbonyl (C=O) groups is 2. The second-order valence-electron chi connectivity index (χ2n) is 8.31. The van der Waals surface area contributed by atoms with Crippen molar-refractivity contribution in [1.29, 1.82) is 0 Å². The fourth-order valence-corrected chi connectivity index (χ4v) is 4.96. The molecule has 1 saturated heterocycles. The average Bonchev–Trinajstić information content (AvgIpc) is 2.69. The quantitative estimate of drug-likeness (QED) is 0.655. The number of rotatable bonds is 6. The molecule has 154 valence electrons. The zero-order valence-corrected chi connectivity index (χ0v) is 18.1. The van der Waals surface area contributed by atoms with Gasteiger partial charge in [0.25, 0.3) is 0 Å². The van der Waals surface area contributed by atoms with Crippen LogP contribution in [0.5, 0.6) is 0 Å². The molecule has 1 aliphatic carbocycles. The van der Waals surface area contributed by atoms with Crippen LogP contribution in [-0.4, -0.2) is 42.3 Å². The van der Waals surface area contributed by atoms with Gasteiger partial charge in [-0.3, -0.25) is 9.59 Å². The van der Waals surface area contributed by atoms with Gasteiger partial charge in [-0.2, -0.15) is 0 Å². The Balaban J connectivity index is 1.39. The number of amides is 1. The molecule has 0 bridgehead atoms. The van der Waals surface area contributed by atoms with Crippen LogP contribution >= 0.6 is 23.2 Å². The number of benzene rings is 1. The Kier molecular flexibility index (Phi) is 7.78. The highest BCUT2D eigenvalue weighted by Crippen LogP contribution is 2.30. The van der Waals surface area contributed by atoms with E-state index in [0.717, 1.165) is 51.2 Å². The zero-order chi connectivity index (χ0) is 20.1. The Morgan fingerprint density at radius 3 is 2.39 bits per heavy atom. The summed E-state index contributed by atoms with van der Waals surface area (Å²) < 4.78 is 0. The first kappa shape index (κ1) is 21.6. The molecule has 1 amide bonds. The highest BCUT2D eigenvalue weighted by molar-refractivity contribution is 6.36. The normalized spacial score (nSPS) is 24.1. The van der Waals surface area contributed by atoms with Gasteiger partial charge in [0.2, 0.25) is 5.91 Å². The van der Waals surface area contributed by atoms with E-state index in [-0.39, 0.29) is 17.6 Å². The van der Waals surface area contributed by atoms with E-state index in [0.29, 0.717) is 21.7 Å². The summed E-state index contributed by atoms with van der Waals surface area (Å²) in [6.07, 6.45) is 7.59. The van der Waals surface area contributed by atoms with Gasteiger partial charge in [-0.25, -0.2) is 0 Å². The Hall–Kier alpha value is -1.10. The summed E-state index contributed by atoms with van der Waals surface area (Å²) in [7, 11) is 0. The first-order valence-electron chi connectivity index (χ1n) is 10.4. The molecular formula is C22H30Cl2N2O2. The highest BCUT2D eigenvalue weighted by Gasteiger charge is 2.28. The van der Waals surface area contributed by atoms with Gasteiger partial charge in [0.05, 0.1) is 5.02 Å². The van der Waals surface area contributed by atoms with Crippen LogP contribution in [0, 0.1) is 11.8 Å². The zero-order valence-electron chi connectivity index (χ0n) is 16.6. The van der Waals surface area contributed by atoms with Gasteiger partial charge >= 0.3 is 0 Å². The summed E-state index contributed by atoms with van der Waals surface area (Å²) in [4.78, 5) is 26.5. The van der Waals surface area contributed by atoms with Crippen molar-refractivity contribution < 1.29 is 9.59 Å². The van der Waals surface area contributed by atoms with Crippen LogP contribution in [0.15, 0.2) is 18.2 Å². The van der Waals surface area contributed by atoms with Gasteiger partial charge in [-0.05, 0) is 88.7 Å². The van der Waals surface area contributed by atoms with Crippen molar-refractivity contribution in [3.05, 3.63) is 33.8 Å². The second kappa shape index (κ2) is 10.1. The molecule has 2 aliphatic rings. The number of piperidine rings is 1. The third-order valence-corrected chi connectivity index (χ3v) is 6.82. The maximum Gasteiger partial charge on any atom is 0.217 e. The number of Topliss-reactive ketones (excluding diaryl/α,β-unsaturated/α-hetero) is 1. The summed E-state index contributed by atoms with van der Waals surface area (Å²) in [6, 6.07) is 5.48.